The SMILES string of the molecule is NC(=S)c1ncn(Cc2cc(Br)cs2)n1. The summed E-state index contributed by atoms with van der Waals surface area (Å²) in [5.41, 5.74) is 5.41. The zero-order chi connectivity index (χ0) is 10.8. The van der Waals surface area contributed by atoms with Gasteiger partial charge in [0.1, 0.15) is 11.3 Å². The highest BCUT2D eigenvalue weighted by Crippen LogP contribution is 2.20. The van der Waals surface area contributed by atoms with Crippen molar-refractivity contribution in [1.82, 2.24) is 14.8 Å². The van der Waals surface area contributed by atoms with Crippen LogP contribution in [0.2, 0.25) is 0 Å². The van der Waals surface area contributed by atoms with Crippen molar-refractivity contribution in [2.24, 2.45) is 5.73 Å². The van der Waals surface area contributed by atoms with Crippen molar-refractivity contribution in [3.05, 3.63) is 32.9 Å². The first-order valence-corrected chi connectivity index (χ1v) is 6.15. The van der Waals surface area contributed by atoms with E-state index < -0.39 is 0 Å². The Morgan fingerprint density at radius 2 is 2.47 bits per heavy atom. The molecular formula is C8H7BrN4S2. The standard InChI is InChI=1S/C8H7BrN4S2/c9-5-1-6(15-3-5)2-13-4-11-8(12-13)7(10)14/h1,3-4H,2H2,(H2,10,14). The van der Waals surface area contributed by atoms with Gasteiger partial charge in [-0.1, -0.05) is 12.2 Å². The van der Waals surface area contributed by atoms with E-state index in [0.717, 1.165) is 4.47 Å². The number of rotatable bonds is 3. The molecule has 0 unspecified atom stereocenters. The molecule has 2 N–H and O–H groups in total. The molecule has 2 rings (SSSR count). The van der Waals surface area contributed by atoms with Crippen LogP contribution in [0, 0.1) is 0 Å². The number of hydrogen-bond donors (Lipinski definition) is 1. The number of halogens is 1. The van der Waals surface area contributed by atoms with Gasteiger partial charge in [0, 0.05) is 14.7 Å². The van der Waals surface area contributed by atoms with Gasteiger partial charge in [-0.2, -0.15) is 0 Å². The zero-order valence-electron chi connectivity index (χ0n) is 7.55. The summed E-state index contributed by atoms with van der Waals surface area (Å²) in [5, 5.41) is 6.17. The maximum atomic E-state index is 5.41. The Bertz CT molecular complexity index is 490. The van der Waals surface area contributed by atoms with Crippen LogP contribution in [0.15, 0.2) is 22.2 Å². The summed E-state index contributed by atoms with van der Waals surface area (Å²) in [6.07, 6.45) is 1.63. The molecule has 0 aliphatic rings. The molecule has 0 atom stereocenters. The molecule has 2 aromatic heterocycles. The molecule has 0 aromatic carbocycles. The van der Waals surface area contributed by atoms with Crippen LogP contribution in [0.5, 0.6) is 0 Å². The summed E-state index contributed by atoms with van der Waals surface area (Å²) >= 11 is 9.84. The lowest BCUT2D eigenvalue weighted by Gasteiger charge is -1.95. The number of hydrogen-bond acceptors (Lipinski definition) is 4. The number of thiophene rings is 1. The molecular weight excluding hydrogens is 296 g/mol. The maximum absolute atomic E-state index is 5.41. The topological polar surface area (TPSA) is 56.7 Å². The van der Waals surface area contributed by atoms with E-state index in [4.69, 9.17) is 18.0 Å². The average molecular weight is 303 g/mol. The molecule has 0 spiro atoms. The summed E-state index contributed by atoms with van der Waals surface area (Å²) < 4.78 is 2.80. The number of aromatic nitrogens is 3. The van der Waals surface area contributed by atoms with Crippen LogP contribution >= 0.6 is 39.5 Å². The Morgan fingerprint density at radius 3 is 3.00 bits per heavy atom. The van der Waals surface area contributed by atoms with E-state index in [-0.39, 0.29) is 4.99 Å². The highest BCUT2D eigenvalue weighted by Gasteiger charge is 2.04. The number of nitrogens with two attached hydrogens (primary N) is 1. The third-order valence-electron chi connectivity index (χ3n) is 1.70. The van der Waals surface area contributed by atoms with Crippen LogP contribution in [0.1, 0.15) is 10.7 Å². The predicted molar refractivity (Wildman–Crippen MR) is 67.0 cm³/mol. The molecule has 0 fully saturated rings. The fraction of sp³-hybridized carbons (Fsp3) is 0.125. The van der Waals surface area contributed by atoms with Crippen molar-refractivity contribution in [3.63, 3.8) is 0 Å². The summed E-state index contributed by atoms with van der Waals surface area (Å²) in [7, 11) is 0. The minimum absolute atomic E-state index is 0.223. The monoisotopic (exact) mass is 302 g/mol. The minimum atomic E-state index is 0.223. The van der Waals surface area contributed by atoms with Gasteiger partial charge in [0.15, 0.2) is 0 Å². The van der Waals surface area contributed by atoms with Gasteiger partial charge >= 0.3 is 0 Å². The summed E-state index contributed by atoms with van der Waals surface area (Å²) in [6, 6.07) is 2.05. The van der Waals surface area contributed by atoms with Gasteiger partial charge in [-0.3, -0.25) is 0 Å². The van der Waals surface area contributed by atoms with Crippen LogP contribution < -0.4 is 5.73 Å². The lowest BCUT2D eigenvalue weighted by molar-refractivity contribution is 0.691. The molecule has 0 saturated heterocycles. The van der Waals surface area contributed by atoms with E-state index in [1.807, 2.05) is 11.4 Å². The van der Waals surface area contributed by atoms with Crippen LogP contribution in [-0.4, -0.2) is 19.8 Å². The zero-order valence-corrected chi connectivity index (χ0v) is 10.8. The second-order valence-corrected chi connectivity index (χ2v) is 5.21. The molecule has 0 aliphatic heterocycles. The lowest BCUT2D eigenvalue weighted by atomic mass is 10.5. The molecule has 15 heavy (non-hydrogen) atoms. The highest BCUT2D eigenvalue weighted by atomic mass is 79.9. The molecule has 0 aliphatic carbocycles. The molecule has 0 radical (unpaired) electrons. The summed E-state index contributed by atoms with van der Waals surface area (Å²) in [6.45, 7) is 0.686. The first kappa shape index (κ1) is 10.7. The fourth-order valence-electron chi connectivity index (χ4n) is 1.08. The molecule has 2 heterocycles. The second-order valence-electron chi connectivity index (χ2n) is 2.86. The van der Waals surface area contributed by atoms with Crippen LogP contribution in [0.4, 0.5) is 0 Å². The Kier molecular flexibility index (Phi) is 3.13. The lowest BCUT2D eigenvalue weighted by Crippen LogP contribution is -2.12. The summed E-state index contributed by atoms with van der Waals surface area (Å²) in [4.78, 5) is 5.42. The van der Waals surface area contributed by atoms with E-state index in [1.54, 1.807) is 22.3 Å². The molecule has 0 amide bonds. The normalized spacial score (nSPS) is 10.5. The van der Waals surface area contributed by atoms with E-state index in [1.165, 1.54) is 4.88 Å². The third kappa shape index (κ3) is 2.61. The van der Waals surface area contributed by atoms with E-state index >= 15 is 0 Å². The minimum Gasteiger partial charge on any atom is -0.387 e. The quantitative estimate of drug-likeness (QED) is 0.878. The van der Waals surface area contributed by atoms with Crippen molar-refractivity contribution >= 4 is 44.5 Å². The Morgan fingerprint density at radius 1 is 1.67 bits per heavy atom. The van der Waals surface area contributed by atoms with Crippen molar-refractivity contribution in [2.45, 2.75) is 6.54 Å². The summed E-state index contributed by atoms with van der Waals surface area (Å²) in [5.74, 6) is 0.417. The van der Waals surface area contributed by atoms with Crippen LogP contribution in [-0.2, 0) is 6.54 Å². The van der Waals surface area contributed by atoms with Gasteiger partial charge in [-0.25, -0.2) is 9.67 Å². The Balaban J connectivity index is 2.14. The molecule has 2 aromatic rings. The molecule has 0 bridgehead atoms. The second kappa shape index (κ2) is 4.38. The third-order valence-corrected chi connectivity index (χ3v) is 3.56. The van der Waals surface area contributed by atoms with Gasteiger partial charge < -0.3 is 5.73 Å². The van der Waals surface area contributed by atoms with Gasteiger partial charge in [0.05, 0.1) is 6.54 Å². The van der Waals surface area contributed by atoms with Gasteiger partial charge in [0.2, 0.25) is 5.82 Å². The number of nitrogens with zero attached hydrogens (tertiary/aromatic N) is 3. The molecule has 0 saturated carbocycles. The van der Waals surface area contributed by atoms with Crippen molar-refractivity contribution < 1.29 is 0 Å². The molecule has 7 heteroatoms. The maximum Gasteiger partial charge on any atom is 0.208 e. The van der Waals surface area contributed by atoms with Crippen LogP contribution in [0.25, 0.3) is 0 Å². The Hall–Kier alpha value is -0.790. The largest absolute Gasteiger partial charge is 0.387 e. The fourth-order valence-corrected chi connectivity index (χ4v) is 2.62. The van der Waals surface area contributed by atoms with Crippen molar-refractivity contribution in [1.29, 1.82) is 0 Å². The van der Waals surface area contributed by atoms with E-state index in [0.29, 0.717) is 12.4 Å². The van der Waals surface area contributed by atoms with Gasteiger partial charge in [-0.05, 0) is 22.0 Å². The average Bonchev–Trinajstić information content (AvgIpc) is 2.76. The molecule has 78 valence electrons. The molecule has 4 nitrogen and oxygen atoms in total. The smallest absolute Gasteiger partial charge is 0.208 e. The Labute approximate surface area is 104 Å². The number of thiocarbonyl (C=S) groups is 1. The van der Waals surface area contributed by atoms with Gasteiger partial charge in [-0.15, -0.1) is 16.4 Å². The van der Waals surface area contributed by atoms with E-state index in [9.17, 15) is 0 Å². The van der Waals surface area contributed by atoms with Crippen molar-refractivity contribution in [3.8, 4) is 0 Å². The first-order valence-electron chi connectivity index (χ1n) is 4.07. The van der Waals surface area contributed by atoms with E-state index in [2.05, 4.69) is 26.0 Å². The van der Waals surface area contributed by atoms with Gasteiger partial charge in [0.25, 0.3) is 0 Å². The highest BCUT2D eigenvalue weighted by molar-refractivity contribution is 9.10. The van der Waals surface area contributed by atoms with Crippen LogP contribution in [0.3, 0.4) is 0 Å². The van der Waals surface area contributed by atoms with Crippen molar-refractivity contribution in [2.75, 3.05) is 0 Å². The predicted octanol–water partition coefficient (Wildman–Crippen LogP) is 1.78. The first-order chi connectivity index (χ1) is 7.15.